The molecule has 1 rings (SSSR count). The molecule has 0 saturated carbocycles. The van der Waals surface area contributed by atoms with Crippen LogP contribution in [0.4, 0.5) is 0 Å². The first-order valence-electron chi connectivity index (χ1n) is 3.71. The molecule has 1 aromatic rings. The summed E-state index contributed by atoms with van der Waals surface area (Å²) in [5.74, 6) is 0. The quantitative estimate of drug-likeness (QED) is 0.725. The maximum absolute atomic E-state index is 5.39. The van der Waals surface area contributed by atoms with Gasteiger partial charge in [0.2, 0.25) is 0 Å². The van der Waals surface area contributed by atoms with Crippen LogP contribution in [0.15, 0.2) is 5.38 Å². The number of nitrogens with zero attached hydrogens (tertiary/aromatic N) is 1. The van der Waals surface area contributed by atoms with Crippen LogP contribution in [0.1, 0.15) is 32.0 Å². The summed E-state index contributed by atoms with van der Waals surface area (Å²) < 4.78 is 5.39. The van der Waals surface area contributed by atoms with Crippen molar-refractivity contribution in [3.8, 4) is 0 Å². The van der Waals surface area contributed by atoms with Crippen LogP contribution < -0.4 is 0 Å². The molecule has 0 N–H and O–H groups in total. The molecule has 0 aliphatic carbocycles. The van der Waals surface area contributed by atoms with Gasteiger partial charge in [0.1, 0.15) is 0 Å². The van der Waals surface area contributed by atoms with E-state index >= 15 is 0 Å². The highest BCUT2D eigenvalue weighted by Gasteiger charge is 1.99. The summed E-state index contributed by atoms with van der Waals surface area (Å²) in [4.78, 5) is 4.28. The lowest BCUT2D eigenvalue weighted by molar-refractivity contribution is 0.0638. The molecule has 70 valence electrons. The summed E-state index contributed by atoms with van der Waals surface area (Å²) in [7, 11) is 0. The number of aromatic nitrogens is 1. The number of hydrogen-bond donors (Lipinski definition) is 0. The minimum atomic E-state index is 0. The van der Waals surface area contributed by atoms with E-state index in [0.717, 1.165) is 10.7 Å². The first-order chi connectivity index (χ1) is 5.18. The first kappa shape index (κ1) is 11.6. The normalized spacial score (nSPS) is 10.0. The standard InChI is InChI=1S/C8H13NOS.CH4/c1-6(2)10-4-8-5-11-7(3)9-8;/h5-6H,4H2,1-3H3;1H4. The average molecular weight is 187 g/mol. The Hall–Kier alpha value is -0.410. The van der Waals surface area contributed by atoms with E-state index in [1.165, 1.54) is 0 Å². The third-order valence-electron chi connectivity index (χ3n) is 1.23. The molecule has 2 nitrogen and oxygen atoms in total. The topological polar surface area (TPSA) is 22.1 Å². The Morgan fingerprint density at radius 2 is 2.25 bits per heavy atom. The van der Waals surface area contributed by atoms with Crippen LogP contribution in [-0.2, 0) is 11.3 Å². The number of ether oxygens (including phenoxy) is 1. The summed E-state index contributed by atoms with van der Waals surface area (Å²) in [5, 5.41) is 3.14. The van der Waals surface area contributed by atoms with Crippen LogP contribution in [0.5, 0.6) is 0 Å². The molecule has 1 aromatic heterocycles. The fourth-order valence-electron chi connectivity index (χ4n) is 0.727. The molecule has 0 aliphatic rings. The predicted molar refractivity (Wildman–Crippen MR) is 53.5 cm³/mol. The molecule has 0 saturated heterocycles. The maximum atomic E-state index is 5.39. The molecule has 0 unspecified atom stereocenters. The highest BCUT2D eigenvalue weighted by atomic mass is 32.1. The van der Waals surface area contributed by atoms with Gasteiger partial charge in [0.25, 0.3) is 0 Å². The predicted octanol–water partition coefficient (Wildman–Crippen LogP) is 3.01. The van der Waals surface area contributed by atoms with Gasteiger partial charge in [-0.1, -0.05) is 7.43 Å². The monoisotopic (exact) mass is 187 g/mol. The van der Waals surface area contributed by atoms with E-state index in [9.17, 15) is 0 Å². The van der Waals surface area contributed by atoms with Crippen LogP contribution in [0, 0.1) is 6.92 Å². The smallest absolute Gasteiger partial charge is 0.0900 e. The fraction of sp³-hybridized carbons (Fsp3) is 0.667. The number of rotatable bonds is 3. The second-order valence-corrected chi connectivity index (χ2v) is 3.78. The second kappa shape index (κ2) is 5.27. The van der Waals surface area contributed by atoms with E-state index in [1.807, 2.05) is 26.2 Å². The molecule has 0 amide bonds. The lowest BCUT2D eigenvalue weighted by Crippen LogP contribution is -2.02. The molecule has 0 radical (unpaired) electrons. The van der Waals surface area contributed by atoms with Crippen LogP contribution in [-0.4, -0.2) is 11.1 Å². The molecule has 0 aliphatic heterocycles. The van der Waals surface area contributed by atoms with Crippen molar-refractivity contribution < 1.29 is 4.74 Å². The van der Waals surface area contributed by atoms with Crippen molar-refractivity contribution in [2.45, 2.75) is 40.9 Å². The molecule has 1 heterocycles. The summed E-state index contributed by atoms with van der Waals surface area (Å²) >= 11 is 1.66. The third-order valence-corrected chi connectivity index (χ3v) is 2.05. The van der Waals surface area contributed by atoms with Crippen molar-refractivity contribution in [1.29, 1.82) is 0 Å². The molecule has 0 bridgehead atoms. The Morgan fingerprint density at radius 1 is 1.58 bits per heavy atom. The zero-order chi connectivity index (χ0) is 8.27. The maximum Gasteiger partial charge on any atom is 0.0900 e. The Kier molecular flexibility index (Phi) is 5.09. The Morgan fingerprint density at radius 3 is 2.67 bits per heavy atom. The first-order valence-corrected chi connectivity index (χ1v) is 4.59. The summed E-state index contributed by atoms with van der Waals surface area (Å²) in [6.07, 6.45) is 0.289. The van der Waals surface area contributed by atoms with Gasteiger partial charge in [0.05, 0.1) is 23.4 Å². The Labute approximate surface area is 78.6 Å². The zero-order valence-electron chi connectivity index (χ0n) is 7.13. The molecule has 0 spiro atoms. The largest absolute Gasteiger partial charge is 0.372 e. The van der Waals surface area contributed by atoms with Crippen molar-refractivity contribution >= 4 is 11.3 Å². The number of aryl methyl sites for hydroxylation is 1. The SMILES string of the molecule is C.Cc1nc(COC(C)C)cs1. The summed E-state index contributed by atoms with van der Waals surface area (Å²) in [5.41, 5.74) is 1.04. The van der Waals surface area contributed by atoms with Crippen molar-refractivity contribution in [3.05, 3.63) is 16.1 Å². The van der Waals surface area contributed by atoms with Crippen molar-refractivity contribution in [2.24, 2.45) is 0 Å². The lowest BCUT2D eigenvalue weighted by Gasteiger charge is -2.03. The van der Waals surface area contributed by atoms with Crippen LogP contribution >= 0.6 is 11.3 Å². The molecule has 0 atom stereocenters. The van der Waals surface area contributed by atoms with Gasteiger partial charge in [0, 0.05) is 5.38 Å². The molecular weight excluding hydrogens is 170 g/mol. The molecule has 0 fully saturated rings. The van der Waals surface area contributed by atoms with Crippen molar-refractivity contribution in [3.63, 3.8) is 0 Å². The van der Waals surface area contributed by atoms with Gasteiger partial charge >= 0.3 is 0 Å². The summed E-state index contributed by atoms with van der Waals surface area (Å²) in [6.45, 7) is 6.70. The van der Waals surface area contributed by atoms with E-state index in [0.29, 0.717) is 6.61 Å². The van der Waals surface area contributed by atoms with E-state index < -0.39 is 0 Å². The minimum Gasteiger partial charge on any atom is -0.372 e. The van der Waals surface area contributed by atoms with Crippen LogP contribution in [0.2, 0.25) is 0 Å². The Balaban J connectivity index is 0.00000121. The highest BCUT2D eigenvalue weighted by Crippen LogP contribution is 2.09. The third kappa shape index (κ3) is 3.83. The second-order valence-electron chi connectivity index (χ2n) is 2.72. The fourth-order valence-corrected chi connectivity index (χ4v) is 1.32. The van der Waals surface area contributed by atoms with Crippen LogP contribution in [0.3, 0.4) is 0 Å². The van der Waals surface area contributed by atoms with Gasteiger partial charge in [-0.25, -0.2) is 4.98 Å². The van der Waals surface area contributed by atoms with Gasteiger partial charge in [-0.05, 0) is 20.8 Å². The van der Waals surface area contributed by atoms with Crippen molar-refractivity contribution in [2.75, 3.05) is 0 Å². The van der Waals surface area contributed by atoms with E-state index in [2.05, 4.69) is 4.98 Å². The molecular formula is C9H17NOS. The number of hydrogen-bond acceptors (Lipinski definition) is 3. The van der Waals surface area contributed by atoms with Gasteiger partial charge < -0.3 is 4.74 Å². The Bertz CT molecular complexity index is 220. The van der Waals surface area contributed by atoms with Gasteiger partial charge in [-0.2, -0.15) is 0 Å². The lowest BCUT2D eigenvalue weighted by atomic mass is 10.4. The number of thiazole rings is 1. The molecule has 0 aromatic carbocycles. The highest BCUT2D eigenvalue weighted by molar-refractivity contribution is 7.09. The minimum absolute atomic E-state index is 0. The van der Waals surface area contributed by atoms with Gasteiger partial charge in [-0.15, -0.1) is 11.3 Å². The van der Waals surface area contributed by atoms with Crippen molar-refractivity contribution in [1.82, 2.24) is 4.98 Å². The zero-order valence-corrected chi connectivity index (χ0v) is 7.94. The average Bonchev–Trinajstić information content (AvgIpc) is 2.31. The van der Waals surface area contributed by atoms with E-state index in [-0.39, 0.29) is 13.5 Å². The van der Waals surface area contributed by atoms with E-state index in [4.69, 9.17) is 4.74 Å². The van der Waals surface area contributed by atoms with Gasteiger partial charge in [0.15, 0.2) is 0 Å². The molecule has 12 heavy (non-hydrogen) atoms. The van der Waals surface area contributed by atoms with Crippen LogP contribution in [0.25, 0.3) is 0 Å². The van der Waals surface area contributed by atoms with E-state index in [1.54, 1.807) is 11.3 Å². The van der Waals surface area contributed by atoms with Gasteiger partial charge in [-0.3, -0.25) is 0 Å². The summed E-state index contributed by atoms with van der Waals surface area (Å²) in [6, 6.07) is 0. The molecule has 3 heteroatoms.